The van der Waals surface area contributed by atoms with E-state index in [1.807, 2.05) is 30.3 Å². The van der Waals surface area contributed by atoms with E-state index in [4.69, 9.17) is 9.57 Å². The highest BCUT2D eigenvalue weighted by Gasteiger charge is 2.46. The molecule has 3 atom stereocenters. The van der Waals surface area contributed by atoms with Crippen LogP contribution in [-0.2, 0) is 20.9 Å². The third-order valence-electron chi connectivity index (χ3n) is 3.75. The topological polar surface area (TPSA) is 59.0 Å². The number of rotatable bonds is 6. The van der Waals surface area contributed by atoms with E-state index in [1.54, 1.807) is 5.06 Å². The summed E-state index contributed by atoms with van der Waals surface area (Å²) in [6, 6.07) is 8.96. The summed E-state index contributed by atoms with van der Waals surface area (Å²) >= 11 is 0. The van der Waals surface area contributed by atoms with Gasteiger partial charge in [-0.2, -0.15) is 5.06 Å². The summed E-state index contributed by atoms with van der Waals surface area (Å²) in [6.07, 6.45) is 1.50. The summed E-state index contributed by atoms with van der Waals surface area (Å²) in [5.41, 5.74) is 1.02. The van der Waals surface area contributed by atoms with E-state index < -0.39 is 18.1 Å². The van der Waals surface area contributed by atoms with Gasteiger partial charge in [0.15, 0.2) is 6.04 Å². The maximum atomic E-state index is 11.9. The average Bonchev–Trinajstić information content (AvgIpc) is 2.81. The van der Waals surface area contributed by atoms with E-state index in [1.165, 1.54) is 7.11 Å². The zero-order chi connectivity index (χ0) is 15.2. The molecule has 1 aromatic carbocycles. The molecule has 0 amide bonds. The normalized spacial score (nSPS) is 26.0. The number of unbranched alkanes of at least 4 members (excludes halogenated alkanes) is 1. The number of nitrogens with zero attached hydrogens (tertiary/aromatic N) is 1. The number of carbonyl (C=O) groups is 1. The van der Waals surface area contributed by atoms with Crippen molar-refractivity contribution in [3.8, 4) is 0 Å². The third-order valence-corrected chi connectivity index (χ3v) is 3.75. The first-order valence-corrected chi connectivity index (χ1v) is 7.40. The fraction of sp³-hybridized carbons (Fsp3) is 0.562. The minimum absolute atomic E-state index is 0.349. The van der Waals surface area contributed by atoms with Gasteiger partial charge in [0.05, 0.1) is 13.7 Å². The van der Waals surface area contributed by atoms with Gasteiger partial charge < -0.3 is 9.84 Å². The Balaban J connectivity index is 2.10. The Morgan fingerprint density at radius 1 is 1.38 bits per heavy atom. The monoisotopic (exact) mass is 293 g/mol. The fourth-order valence-electron chi connectivity index (χ4n) is 2.58. The number of aliphatic hydroxyl groups is 1. The first kappa shape index (κ1) is 15.9. The van der Waals surface area contributed by atoms with Gasteiger partial charge in [-0.1, -0.05) is 50.1 Å². The maximum absolute atomic E-state index is 11.9. The average molecular weight is 293 g/mol. The van der Waals surface area contributed by atoms with E-state index in [0.717, 1.165) is 24.8 Å². The van der Waals surface area contributed by atoms with Gasteiger partial charge >= 0.3 is 5.97 Å². The van der Waals surface area contributed by atoms with Gasteiger partial charge in [-0.15, -0.1) is 0 Å². The first-order valence-electron chi connectivity index (χ1n) is 7.40. The van der Waals surface area contributed by atoms with Gasteiger partial charge in [-0.05, 0) is 12.0 Å². The lowest BCUT2D eigenvalue weighted by atomic mass is 10.0. The van der Waals surface area contributed by atoms with Crippen molar-refractivity contribution in [2.75, 3.05) is 7.11 Å². The molecule has 1 aliphatic heterocycles. The lowest BCUT2D eigenvalue weighted by Crippen LogP contribution is -2.43. The number of hydroxylamine groups is 2. The molecular formula is C16H23NO4. The molecule has 1 saturated heterocycles. The molecule has 0 spiro atoms. The Morgan fingerprint density at radius 2 is 2.10 bits per heavy atom. The largest absolute Gasteiger partial charge is 0.468 e. The Bertz CT molecular complexity index is 451. The lowest BCUT2D eigenvalue weighted by Gasteiger charge is -2.21. The second kappa shape index (κ2) is 7.54. The summed E-state index contributed by atoms with van der Waals surface area (Å²) in [5.74, 6) is -0.461. The highest BCUT2D eigenvalue weighted by Crippen LogP contribution is 2.28. The zero-order valence-corrected chi connectivity index (χ0v) is 12.6. The second-order valence-electron chi connectivity index (χ2n) is 5.31. The molecule has 1 heterocycles. The van der Waals surface area contributed by atoms with Crippen molar-refractivity contribution in [3.63, 3.8) is 0 Å². The SMILES string of the molecule is CCCC[C@@H]1ON(Cc2ccccc2)[C@H](C(=O)OC)[C@H]1O. The van der Waals surface area contributed by atoms with Crippen LogP contribution in [0.1, 0.15) is 31.7 Å². The molecule has 0 saturated carbocycles. The Kier molecular flexibility index (Phi) is 5.73. The Labute approximate surface area is 125 Å². The van der Waals surface area contributed by atoms with Crippen molar-refractivity contribution in [3.05, 3.63) is 35.9 Å². The van der Waals surface area contributed by atoms with Crippen LogP contribution >= 0.6 is 0 Å². The molecule has 1 aliphatic rings. The molecule has 1 aromatic rings. The summed E-state index contributed by atoms with van der Waals surface area (Å²) < 4.78 is 4.80. The van der Waals surface area contributed by atoms with Crippen LogP contribution in [0, 0.1) is 0 Å². The van der Waals surface area contributed by atoms with Gasteiger partial charge in [0.2, 0.25) is 0 Å². The van der Waals surface area contributed by atoms with E-state index in [-0.39, 0.29) is 6.10 Å². The molecule has 2 rings (SSSR count). The number of hydrogen-bond donors (Lipinski definition) is 1. The summed E-state index contributed by atoms with van der Waals surface area (Å²) in [5, 5.41) is 11.9. The standard InChI is InChI=1S/C16H23NO4/c1-3-4-10-13-15(18)14(16(19)20-2)17(21-13)11-12-8-6-5-7-9-12/h5-9,13-15,18H,3-4,10-11H2,1-2H3/t13-,14-,15-/m0/s1. The highest BCUT2D eigenvalue weighted by molar-refractivity contribution is 5.76. The molecule has 1 N–H and O–H groups in total. The molecule has 0 aromatic heterocycles. The molecule has 5 heteroatoms. The predicted octanol–water partition coefficient (Wildman–Crippen LogP) is 1.90. The number of methoxy groups -OCH3 is 1. The van der Waals surface area contributed by atoms with Gasteiger partial charge in [-0.3, -0.25) is 9.63 Å². The summed E-state index contributed by atoms with van der Waals surface area (Å²) in [4.78, 5) is 17.7. The Morgan fingerprint density at radius 3 is 2.71 bits per heavy atom. The van der Waals surface area contributed by atoms with Crippen molar-refractivity contribution >= 4 is 5.97 Å². The van der Waals surface area contributed by atoms with E-state index in [2.05, 4.69) is 6.92 Å². The van der Waals surface area contributed by atoms with Crippen LogP contribution in [0.2, 0.25) is 0 Å². The molecule has 1 fully saturated rings. The van der Waals surface area contributed by atoms with Crippen LogP contribution in [0.5, 0.6) is 0 Å². The molecule has 0 aliphatic carbocycles. The fourth-order valence-corrected chi connectivity index (χ4v) is 2.58. The molecule has 5 nitrogen and oxygen atoms in total. The van der Waals surface area contributed by atoms with Crippen LogP contribution < -0.4 is 0 Å². The van der Waals surface area contributed by atoms with Crippen molar-refractivity contribution in [2.24, 2.45) is 0 Å². The van der Waals surface area contributed by atoms with Crippen LogP contribution in [0.4, 0.5) is 0 Å². The minimum Gasteiger partial charge on any atom is -0.468 e. The number of ether oxygens (including phenoxy) is 1. The minimum atomic E-state index is -0.854. The maximum Gasteiger partial charge on any atom is 0.328 e. The molecule has 0 bridgehead atoms. The van der Waals surface area contributed by atoms with Gasteiger partial charge in [-0.25, -0.2) is 0 Å². The van der Waals surface area contributed by atoms with E-state index in [9.17, 15) is 9.90 Å². The molecule has 21 heavy (non-hydrogen) atoms. The Hall–Kier alpha value is -1.43. The summed E-state index contributed by atoms with van der Waals surface area (Å²) in [7, 11) is 1.33. The highest BCUT2D eigenvalue weighted by atomic mass is 16.7. The van der Waals surface area contributed by atoms with Crippen LogP contribution in [0.15, 0.2) is 30.3 Å². The molecule has 0 unspecified atom stereocenters. The first-order chi connectivity index (χ1) is 10.2. The number of hydrogen-bond acceptors (Lipinski definition) is 5. The van der Waals surface area contributed by atoms with E-state index >= 15 is 0 Å². The van der Waals surface area contributed by atoms with E-state index in [0.29, 0.717) is 6.54 Å². The van der Waals surface area contributed by atoms with Crippen LogP contribution in [0.25, 0.3) is 0 Å². The number of aliphatic hydroxyl groups excluding tert-OH is 1. The second-order valence-corrected chi connectivity index (χ2v) is 5.31. The predicted molar refractivity (Wildman–Crippen MR) is 78.2 cm³/mol. The van der Waals surface area contributed by atoms with Gasteiger partial charge in [0.25, 0.3) is 0 Å². The molecule has 116 valence electrons. The van der Waals surface area contributed by atoms with Crippen molar-refractivity contribution in [2.45, 2.75) is 51.0 Å². The van der Waals surface area contributed by atoms with Crippen molar-refractivity contribution < 1.29 is 19.5 Å². The quantitative estimate of drug-likeness (QED) is 0.812. The number of carbonyl (C=O) groups excluding carboxylic acids is 1. The van der Waals surface area contributed by atoms with Crippen LogP contribution in [0.3, 0.4) is 0 Å². The molecular weight excluding hydrogens is 270 g/mol. The third kappa shape index (κ3) is 3.81. The van der Waals surface area contributed by atoms with Crippen molar-refractivity contribution in [1.29, 1.82) is 0 Å². The van der Waals surface area contributed by atoms with Crippen molar-refractivity contribution in [1.82, 2.24) is 5.06 Å². The smallest absolute Gasteiger partial charge is 0.328 e. The van der Waals surface area contributed by atoms with Gasteiger partial charge in [0, 0.05) is 0 Å². The van der Waals surface area contributed by atoms with Crippen LogP contribution in [-0.4, -0.2) is 41.5 Å². The molecule has 0 radical (unpaired) electrons. The number of esters is 1. The number of benzene rings is 1. The van der Waals surface area contributed by atoms with Gasteiger partial charge in [0.1, 0.15) is 12.2 Å². The zero-order valence-electron chi connectivity index (χ0n) is 12.6. The lowest BCUT2D eigenvalue weighted by molar-refractivity contribution is -0.185. The summed E-state index contributed by atoms with van der Waals surface area (Å²) in [6.45, 7) is 2.53.